The maximum Gasteiger partial charge on any atom is 0.315 e. The maximum atomic E-state index is 11.9. The number of carbonyl (C=O) groups excluding carboxylic acids is 1. The Morgan fingerprint density at radius 3 is 3.00 bits per heavy atom. The van der Waals surface area contributed by atoms with Gasteiger partial charge in [0.2, 0.25) is 0 Å². The Bertz CT molecular complexity index is 682. The molecule has 0 saturated heterocycles. The van der Waals surface area contributed by atoms with Crippen LogP contribution in [-0.2, 0) is 6.54 Å². The molecule has 2 atom stereocenters. The molecule has 1 heterocycles. The molecule has 23 heavy (non-hydrogen) atoms. The summed E-state index contributed by atoms with van der Waals surface area (Å²) < 4.78 is 1.78. The summed E-state index contributed by atoms with van der Waals surface area (Å²) in [5, 5.41) is 19.0. The molecular formula is C17H20N4O2. The topological polar surface area (TPSA) is 79.2 Å². The van der Waals surface area contributed by atoms with E-state index >= 15 is 0 Å². The van der Waals surface area contributed by atoms with Crippen LogP contribution in [0.5, 0.6) is 0 Å². The van der Waals surface area contributed by atoms with E-state index in [9.17, 15) is 4.79 Å². The number of urea groups is 1. The number of aliphatic hydroxyl groups is 1. The summed E-state index contributed by atoms with van der Waals surface area (Å²) in [6.07, 6.45) is 8.23. The summed E-state index contributed by atoms with van der Waals surface area (Å²) in [4.78, 5) is 11.9. The minimum atomic E-state index is -0.206. The van der Waals surface area contributed by atoms with Crippen LogP contribution in [0.4, 0.5) is 4.79 Å². The van der Waals surface area contributed by atoms with Crippen LogP contribution in [0.3, 0.4) is 0 Å². The van der Waals surface area contributed by atoms with Gasteiger partial charge in [0.1, 0.15) is 0 Å². The largest absolute Gasteiger partial charge is 0.396 e. The second kappa shape index (κ2) is 7.11. The second-order valence-electron chi connectivity index (χ2n) is 5.62. The van der Waals surface area contributed by atoms with Crippen molar-refractivity contribution in [2.24, 2.45) is 5.92 Å². The molecule has 0 unspecified atom stereocenters. The van der Waals surface area contributed by atoms with Gasteiger partial charge in [0, 0.05) is 37.5 Å². The lowest BCUT2D eigenvalue weighted by Gasteiger charge is -2.14. The standard InChI is InChI=1S/C17H20N4O2/c22-12-14-5-6-15(9-14)20-17(23)18-11-13-3-1-4-16(10-13)21-8-2-7-19-21/h1-8,10,14-15,22H,9,11-12H2,(H2,18,20,23)/t14-,15+/m0/s1. The second-order valence-corrected chi connectivity index (χ2v) is 5.62. The Kier molecular flexibility index (Phi) is 4.73. The fourth-order valence-electron chi connectivity index (χ4n) is 2.65. The summed E-state index contributed by atoms with van der Waals surface area (Å²) in [7, 11) is 0. The predicted octanol–water partition coefficient (Wildman–Crippen LogP) is 1.61. The number of nitrogens with zero attached hydrogens (tertiary/aromatic N) is 2. The van der Waals surface area contributed by atoms with Gasteiger partial charge in [-0.3, -0.25) is 0 Å². The Hall–Kier alpha value is -2.60. The van der Waals surface area contributed by atoms with Crippen LogP contribution in [0.2, 0.25) is 0 Å². The normalized spacial score (nSPS) is 19.7. The fraction of sp³-hybridized carbons (Fsp3) is 0.294. The minimum Gasteiger partial charge on any atom is -0.396 e. The third-order valence-corrected chi connectivity index (χ3v) is 3.86. The van der Waals surface area contributed by atoms with E-state index in [4.69, 9.17) is 5.11 Å². The molecular weight excluding hydrogens is 292 g/mol. The number of carbonyl (C=O) groups is 1. The molecule has 0 radical (unpaired) electrons. The summed E-state index contributed by atoms with van der Waals surface area (Å²) in [5.41, 5.74) is 1.96. The molecule has 2 aromatic rings. The van der Waals surface area contributed by atoms with Gasteiger partial charge >= 0.3 is 6.03 Å². The number of aliphatic hydroxyl groups excluding tert-OH is 1. The first-order chi connectivity index (χ1) is 11.2. The van der Waals surface area contributed by atoms with E-state index in [0.717, 1.165) is 17.7 Å². The van der Waals surface area contributed by atoms with Crippen molar-refractivity contribution >= 4 is 6.03 Å². The Labute approximate surface area is 134 Å². The molecule has 6 nitrogen and oxygen atoms in total. The van der Waals surface area contributed by atoms with Crippen molar-refractivity contribution in [3.63, 3.8) is 0 Å². The van der Waals surface area contributed by atoms with Crippen molar-refractivity contribution < 1.29 is 9.90 Å². The lowest BCUT2D eigenvalue weighted by atomic mass is 10.1. The highest BCUT2D eigenvalue weighted by molar-refractivity contribution is 5.74. The van der Waals surface area contributed by atoms with Crippen LogP contribution in [0.15, 0.2) is 54.9 Å². The lowest BCUT2D eigenvalue weighted by Crippen LogP contribution is -2.40. The minimum absolute atomic E-state index is 0.0115. The van der Waals surface area contributed by atoms with Crippen LogP contribution in [0, 0.1) is 5.92 Å². The first-order valence-corrected chi connectivity index (χ1v) is 7.67. The van der Waals surface area contributed by atoms with Crippen molar-refractivity contribution in [1.82, 2.24) is 20.4 Å². The third kappa shape index (κ3) is 3.98. The van der Waals surface area contributed by atoms with Crippen molar-refractivity contribution in [1.29, 1.82) is 0 Å². The highest BCUT2D eigenvalue weighted by Gasteiger charge is 2.19. The van der Waals surface area contributed by atoms with Crippen molar-refractivity contribution in [3.8, 4) is 5.69 Å². The van der Waals surface area contributed by atoms with Crippen LogP contribution < -0.4 is 10.6 Å². The van der Waals surface area contributed by atoms with E-state index in [2.05, 4.69) is 15.7 Å². The molecule has 6 heteroatoms. The first kappa shape index (κ1) is 15.3. The smallest absolute Gasteiger partial charge is 0.315 e. The van der Waals surface area contributed by atoms with Gasteiger partial charge in [0.05, 0.1) is 5.69 Å². The summed E-state index contributed by atoms with van der Waals surface area (Å²) in [6.45, 7) is 0.567. The predicted molar refractivity (Wildman–Crippen MR) is 87.1 cm³/mol. The van der Waals surface area contributed by atoms with Crippen LogP contribution in [0.25, 0.3) is 5.69 Å². The van der Waals surface area contributed by atoms with E-state index in [0.29, 0.717) is 6.54 Å². The van der Waals surface area contributed by atoms with Gasteiger partial charge in [-0.15, -0.1) is 0 Å². The Morgan fingerprint density at radius 2 is 2.26 bits per heavy atom. The first-order valence-electron chi connectivity index (χ1n) is 7.67. The van der Waals surface area contributed by atoms with E-state index in [1.165, 1.54) is 0 Å². The summed E-state index contributed by atoms with van der Waals surface area (Å²) in [5.74, 6) is 0.144. The van der Waals surface area contributed by atoms with Gasteiger partial charge in [0.15, 0.2) is 0 Å². The third-order valence-electron chi connectivity index (χ3n) is 3.86. The van der Waals surface area contributed by atoms with Crippen LogP contribution in [0.1, 0.15) is 12.0 Å². The average Bonchev–Trinajstić information content (AvgIpc) is 3.25. The zero-order valence-electron chi connectivity index (χ0n) is 12.7. The Balaban J connectivity index is 1.51. The number of rotatable bonds is 5. The van der Waals surface area contributed by atoms with Crippen LogP contribution in [-0.4, -0.2) is 33.6 Å². The van der Waals surface area contributed by atoms with E-state index in [1.54, 1.807) is 10.9 Å². The molecule has 0 saturated carbocycles. The molecule has 0 fully saturated rings. The molecule has 1 aliphatic carbocycles. The zero-order chi connectivity index (χ0) is 16.1. The van der Waals surface area contributed by atoms with Crippen molar-refractivity contribution in [3.05, 3.63) is 60.4 Å². The van der Waals surface area contributed by atoms with E-state index in [1.807, 2.05) is 48.7 Å². The Morgan fingerprint density at radius 1 is 1.35 bits per heavy atom. The van der Waals surface area contributed by atoms with Gasteiger partial charge in [-0.2, -0.15) is 5.10 Å². The highest BCUT2D eigenvalue weighted by Crippen LogP contribution is 2.16. The maximum absolute atomic E-state index is 11.9. The molecule has 0 aliphatic heterocycles. The van der Waals surface area contributed by atoms with E-state index < -0.39 is 0 Å². The molecule has 1 aromatic carbocycles. The number of amides is 2. The van der Waals surface area contributed by atoms with Gasteiger partial charge in [-0.25, -0.2) is 9.48 Å². The number of benzene rings is 1. The van der Waals surface area contributed by atoms with Gasteiger partial charge in [0.25, 0.3) is 0 Å². The summed E-state index contributed by atoms with van der Waals surface area (Å²) >= 11 is 0. The number of hydrogen-bond acceptors (Lipinski definition) is 3. The molecule has 3 N–H and O–H groups in total. The van der Waals surface area contributed by atoms with Crippen molar-refractivity contribution in [2.45, 2.75) is 19.0 Å². The lowest BCUT2D eigenvalue weighted by molar-refractivity contribution is 0.231. The molecule has 1 aliphatic rings. The molecule has 2 amide bonds. The van der Waals surface area contributed by atoms with Gasteiger partial charge < -0.3 is 15.7 Å². The van der Waals surface area contributed by atoms with E-state index in [-0.39, 0.29) is 24.6 Å². The average molecular weight is 312 g/mol. The number of hydrogen-bond donors (Lipinski definition) is 3. The monoisotopic (exact) mass is 312 g/mol. The molecule has 3 rings (SSSR count). The SMILES string of the molecule is O=C(NCc1cccc(-n2cccn2)c1)N[C@@H]1C=C[C@H](CO)C1. The fourth-order valence-corrected chi connectivity index (χ4v) is 2.65. The molecule has 120 valence electrons. The number of aromatic nitrogens is 2. The van der Waals surface area contributed by atoms with Crippen LogP contribution >= 0.6 is 0 Å². The number of nitrogens with one attached hydrogen (secondary N) is 2. The highest BCUT2D eigenvalue weighted by atomic mass is 16.3. The quantitative estimate of drug-likeness (QED) is 0.734. The molecule has 0 bridgehead atoms. The summed E-state index contributed by atoms with van der Waals surface area (Å²) in [6, 6.07) is 9.51. The van der Waals surface area contributed by atoms with Gasteiger partial charge in [-0.05, 0) is 30.2 Å². The van der Waals surface area contributed by atoms with Crippen molar-refractivity contribution in [2.75, 3.05) is 6.61 Å². The van der Waals surface area contributed by atoms with Gasteiger partial charge in [-0.1, -0.05) is 24.3 Å². The zero-order valence-corrected chi connectivity index (χ0v) is 12.7. The molecule has 1 aromatic heterocycles. The molecule has 0 spiro atoms.